The van der Waals surface area contributed by atoms with E-state index in [-0.39, 0.29) is 5.78 Å². The number of hydrogen-bond donors (Lipinski definition) is 1. The number of ketones is 1. The van der Waals surface area contributed by atoms with Crippen molar-refractivity contribution in [3.63, 3.8) is 0 Å². The third kappa shape index (κ3) is 4.42. The van der Waals surface area contributed by atoms with Crippen LogP contribution in [0.4, 0.5) is 5.13 Å². The van der Waals surface area contributed by atoms with Gasteiger partial charge < -0.3 is 5.32 Å². The summed E-state index contributed by atoms with van der Waals surface area (Å²) in [5, 5.41) is 3.00. The smallest absolute Gasteiger partial charge is 0.244 e. The summed E-state index contributed by atoms with van der Waals surface area (Å²) < 4.78 is 25.2. The molecular formula is C18H21N3O4S2. The fourth-order valence-electron chi connectivity index (χ4n) is 3.16. The van der Waals surface area contributed by atoms with Crippen LogP contribution >= 0.6 is 11.3 Å². The van der Waals surface area contributed by atoms with Gasteiger partial charge in [-0.3, -0.25) is 9.59 Å². The summed E-state index contributed by atoms with van der Waals surface area (Å²) in [4.78, 5) is 29.6. The second-order valence-corrected chi connectivity index (χ2v) is 9.43. The SMILES string of the molecule is CC(=O)c1sc(NC(=O)[C@@H]2CCCCN2S(C)(=O)=O)nc1-c1ccccc1. The van der Waals surface area contributed by atoms with Gasteiger partial charge in [-0.2, -0.15) is 4.31 Å². The number of piperidine rings is 1. The van der Waals surface area contributed by atoms with E-state index in [0.717, 1.165) is 36.0 Å². The van der Waals surface area contributed by atoms with Gasteiger partial charge in [0.2, 0.25) is 15.9 Å². The van der Waals surface area contributed by atoms with Crippen LogP contribution in [0.3, 0.4) is 0 Å². The Labute approximate surface area is 162 Å². The minimum atomic E-state index is -3.47. The number of Topliss-reactive ketones (excluding diaryl/α,β-unsaturated/α-hetero) is 1. The summed E-state index contributed by atoms with van der Waals surface area (Å²) in [6.45, 7) is 1.79. The summed E-state index contributed by atoms with van der Waals surface area (Å²) in [5.41, 5.74) is 1.31. The number of thiazole rings is 1. The molecular weight excluding hydrogens is 386 g/mol. The van der Waals surface area contributed by atoms with Gasteiger partial charge in [-0.15, -0.1) is 0 Å². The number of benzene rings is 1. The van der Waals surface area contributed by atoms with Crippen molar-refractivity contribution in [2.75, 3.05) is 18.1 Å². The summed E-state index contributed by atoms with van der Waals surface area (Å²) in [6, 6.07) is 8.51. The van der Waals surface area contributed by atoms with Gasteiger partial charge in [0, 0.05) is 19.0 Å². The van der Waals surface area contributed by atoms with Crippen LogP contribution in [-0.2, 0) is 14.8 Å². The van der Waals surface area contributed by atoms with Gasteiger partial charge in [0.05, 0.1) is 16.8 Å². The monoisotopic (exact) mass is 407 g/mol. The summed E-state index contributed by atoms with van der Waals surface area (Å²) in [5.74, 6) is -0.550. The Kier molecular flexibility index (Phi) is 5.73. The number of sulfonamides is 1. The summed E-state index contributed by atoms with van der Waals surface area (Å²) >= 11 is 1.10. The molecule has 0 spiro atoms. The molecule has 144 valence electrons. The predicted octanol–water partition coefficient (Wildman–Crippen LogP) is 2.77. The molecule has 2 aromatic rings. The lowest BCUT2D eigenvalue weighted by Crippen LogP contribution is -2.49. The van der Waals surface area contributed by atoms with Crippen molar-refractivity contribution in [2.45, 2.75) is 32.2 Å². The highest BCUT2D eigenvalue weighted by Gasteiger charge is 2.35. The predicted molar refractivity (Wildman–Crippen MR) is 105 cm³/mol. The van der Waals surface area contributed by atoms with Crippen LogP contribution in [0.15, 0.2) is 30.3 Å². The Morgan fingerprint density at radius 2 is 1.93 bits per heavy atom. The fourth-order valence-corrected chi connectivity index (χ4v) is 5.17. The number of amides is 1. The Morgan fingerprint density at radius 3 is 2.56 bits per heavy atom. The number of carbonyl (C=O) groups is 2. The Hall–Kier alpha value is -2.10. The molecule has 1 aliphatic rings. The van der Waals surface area contributed by atoms with Gasteiger partial charge >= 0.3 is 0 Å². The molecule has 1 saturated heterocycles. The number of hydrogen-bond acceptors (Lipinski definition) is 6. The van der Waals surface area contributed by atoms with E-state index in [9.17, 15) is 18.0 Å². The number of anilines is 1. The van der Waals surface area contributed by atoms with Crippen LogP contribution in [0.2, 0.25) is 0 Å². The maximum atomic E-state index is 12.7. The molecule has 0 radical (unpaired) electrons. The van der Waals surface area contributed by atoms with Crippen LogP contribution < -0.4 is 5.32 Å². The largest absolute Gasteiger partial charge is 0.301 e. The second kappa shape index (κ2) is 7.87. The van der Waals surface area contributed by atoms with E-state index in [1.165, 1.54) is 11.2 Å². The lowest BCUT2D eigenvalue weighted by molar-refractivity contribution is -0.120. The first-order chi connectivity index (χ1) is 12.8. The third-order valence-electron chi connectivity index (χ3n) is 4.41. The molecule has 9 heteroatoms. The van der Waals surface area contributed by atoms with E-state index >= 15 is 0 Å². The van der Waals surface area contributed by atoms with Gasteiger partial charge in [0.15, 0.2) is 10.9 Å². The molecule has 3 rings (SSSR count). The van der Waals surface area contributed by atoms with Crippen LogP contribution in [-0.4, -0.2) is 48.2 Å². The molecule has 1 aromatic heterocycles. The first-order valence-electron chi connectivity index (χ1n) is 8.62. The van der Waals surface area contributed by atoms with Gasteiger partial charge in [-0.1, -0.05) is 48.1 Å². The molecule has 1 fully saturated rings. The molecule has 0 bridgehead atoms. The lowest BCUT2D eigenvalue weighted by atomic mass is 10.0. The number of carbonyl (C=O) groups excluding carboxylic acids is 2. The molecule has 0 aliphatic carbocycles. The van der Waals surface area contributed by atoms with Crippen LogP contribution in [0, 0.1) is 0 Å². The van der Waals surface area contributed by atoms with Gasteiger partial charge in [-0.05, 0) is 12.8 Å². The topological polar surface area (TPSA) is 96.4 Å². The van der Waals surface area contributed by atoms with Gasteiger partial charge in [0.25, 0.3) is 0 Å². The average Bonchev–Trinajstić information content (AvgIpc) is 3.06. The fraction of sp³-hybridized carbons (Fsp3) is 0.389. The Balaban J connectivity index is 1.87. The second-order valence-electron chi connectivity index (χ2n) is 6.49. The summed E-state index contributed by atoms with van der Waals surface area (Å²) in [6.07, 6.45) is 3.11. The first kappa shape index (κ1) is 19.7. The average molecular weight is 408 g/mol. The number of rotatable bonds is 5. The van der Waals surface area contributed by atoms with E-state index in [4.69, 9.17) is 0 Å². The van der Waals surface area contributed by atoms with E-state index in [2.05, 4.69) is 10.3 Å². The maximum absolute atomic E-state index is 12.7. The highest BCUT2D eigenvalue weighted by Crippen LogP contribution is 2.32. The molecule has 0 unspecified atom stereocenters. The van der Waals surface area contributed by atoms with Crippen molar-refractivity contribution in [3.8, 4) is 11.3 Å². The first-order valence-corrected chi connectivity index (χ1v) is 11.3. The minimum absolute atomic E-state index is 0.137. The standard InChI is InChI=1S/C18H21N3O4S2/c1-12(22)16-15(13-8-4-3-5-9-13)19-18(26-16)20-17(23)14-10-6-7-11-21(14)27(2,24)25/h3-5,8-9,14H,6-7,10-11H2,1-2H3,(H,19,20,23)/t14-/m0/s1. The molecule has 27 heavy (non-hydrogen) atoms. The number of nitrogens with one attached hydrogen (secondary N) is 1. The van der Waals surface area contributed by atoms with Crippen molar-refractivity contribution in [1.29, 1.82) is 0 Å². The number of nitrogens with zero attached hydrogens (tertiary/aromatic N) is 2. The van der Waals surface area contributed by atoms with Crippen LogP contribution in [0.5, 0.6) is 0 Å². The molecule has 2 heterocycles. The van der Waals surface area contributed by atoms with E-state index < -0.39 is 22.0 Å². The minimum Gasteiger partial charge on any atom is -0.301 e. The van der Waals surface area contributed by atoms with Crippen LogP contribution in [0.1, 0.15) is 35.9 Å². The Morgan fingerprint density at radius 1 is 1.22 bits per heavy atom. The van der Waals surface area contributed by atoms with Gasteiger partial charge in [0.1, 0.15) is 6.04 Å². The quantitative estimate of drug-likeness (QED) is 0.769. The van der Waals surface area contributed by atoms with Crippen molar-refractivity contribution in [3.05, 3.63) is 35.2 Å². The third-order valence-corrected chi connectivity index (χ3v) is 6.77. The molecule has 7 nitrogen and oxygen atoms in total. The number of aromatic nitrogens is 1. The Bertz CT molecular complexity index is 954. The van der Waals surface area contributed by atoms with Crippen molar-refractivity contribution in [1.82, 2.24) is 9.29 Å². The molecule has 1 atom stereocenters. The lowest BCUT2D eigenvalue weighted by Gasteiger charge is -2.32. The molecule has 1 amide bonds. The molecule has 0 saturated carbocycles. The maximum Gasteiger partial charge on any atom is 0.244 e. The zero-order valence-electron chi connectivity index (χ0n) is 15.1. The van der Waals surface area contributed by atoms with Crippen molar-refractivity contribution >= 4 is 38.2 Å². The molecule has 1 aliphatic heterocycles. The van der Waals surface area contributed by atoms with E-state index in [1.54, 1.807) is 0 Å². The summed E-state index contributed by atoms with van der Waals surface area (Å²) in [7, 11) is -3.47. The van der Waals surface area contributed by atoms with E-state index in [1.807, 2.05) is 30.3 Å². The zero-order chi connectivity index (χ0) is 19.6. The van der Waals surface area contributed by atoms with Crippen LogP contribution in [0.25, 0.3) is 11.3 Å². The van der Waals surface area contributed by atoms with Gasteiger partial charge in [-0.25, -0.2) is 13.4 Å². The van der Waals surface area contributed by atoms with Crippen molar-refractivity contribution in [2.24, 2.45) is 0 Å². The van der Waals surface area contributed by atoms with Crippen molar-refractivity contribution < 1.29 is 18.0 Å². The molecule has 1 N–H and O–H groups in total. The normalized spacial score (nSPS) is 18.2. The van der Waals surface area contributed by atoms with E-state index in [0.29, 0.717) is 28.7 Å². The highest BCUT2D eigenvalue weighted by molar-refractivity contribution is 7.88. The zero-order valence-corrected chi connectivity index (χ0v) is 16.8. The molecule has 1 aromatic carbocycles. The highest BCUT2D eigenvalue weighted by atomic mass is 32.2.